The fourth-order valence-corrected chi connectivity index (χ4v) is 3.21. The first-order chi connectivity index (χ1) is 12.3. The molecule has 1 aliphatic carbocycles. The van der Waals surface area contributed by atoms with Gasteiger partial charge in [-0.2, -0.15) is 13.2 Å². The lowest BCUT2D eigenvalue weighted by atomic mass is 10.1. The largest absolute Gasteiger partial charge is 0.416 e. The van der Waals surface area contributed by atoms with E-state index in [1.54, 1.807) is 6.20 Å². The first-order valence-corrected chi connectivity index (χ1v) is 8.08. The number of anilines is 4. The van der Waals surface area contributed by atoms with Gasteiger partial charge in [-0.15, -0.1) is 0 Å². The minimum absolute atomic E-state index is 0.0581. The Hall–Kier alpha value is -3.03. The third-order valence-electron chi connectivity index (χ3n) is 4.59. The molecule has 0 unspecified atom stereocenters. The van der Waals surface area contributed by atoms with Gasteiger partial charge in [0, 0.05) is 17.6 Å². The maximum absolute atomic E-state index is 12.6. The quantitative estimate of drug-likeness (QED) is 0.621. The van der Waals surface area contributed by atoms with Crippen molar-refractivity contribution in [2.24, 2.45) is 0 Å². The van der Waals surface area contributed by atoms with Crippen molar-refractivity contribution in [2.75, 3.05) is 10.6 Å². The van der Waals surface area contributed by atoms with E-state index in [2.05, 4.69) is 15.6 Å². The number of aromatic nitrogens is 1. The van der Waals surface area contributed by atoms with Crippen LogP contribution < -0.4 is 21.5 Å². The summed E-state index contributed by atoms with van der Waals surface area (Å²) in [4.78, 5) is 26.9. The highest BCUT2D eigenvalue weighted by Gasteiger charge is 2.30. The standard InChI is InChI=1S/C18H14F3N3O2/c19-18(20,21)9-4-6-10(7-5-9)23-14-15(17(26)16(14)25)24-13-8-22-12-3-1-2-11(12)13/h4-8,22-24H,1-3H2. The van der Waals surface area contributed by atoms with Crippen molar-refractivity contribution in [1.82, 2.24) is 4.98 Å². The number of hydrogen-bond acceptors (Lipinski definition) is 4. The van der Waals surface area contributed by atoms with Crippen LogP contribution in [-0.4, -0.2) is 4.98 Å². The fraction of sp³-hybridized carbons (Fsp3) is 0.222. The first-order valence-electron chi connectivity index (χ1n) is 8.08. The van der Waals surface area contributed by atoms with Crippen LogP contribution >= 0.6 is 0 Å². The first kappa shape index (κ1) is 16.4. The van der Waals surface area contributed by atoms with Gasteiger partial charge < -0.3 is 15.6 Å². The molecule has 1 aliphatic rings. The molecule has 0 saturated heterocycles. The van der Waals surface area contributed by atoms with Crippen molar-refractivity contribution in [3.8, 4) is 0 Å². The molecule has 1 heterocycles. The molecule has 0 radical (unpaired) electrons. The van der Waals surface area contributed by atoms with Gasteiger partial charge in [0.25, 0.3) is 10.9 Å². The van der Waals surface area contributed by atoms with Crippen molar-refractivity contribution < 1.29 is 13.2 Å². The van der Waals surface area contributed by atoms with Gasteiger partial charge in [-0.1, -0.05) is 0 Å². The fourth-order valence-electron chi connectivity index (χ4n) is 3.21. The Bertz CT molecular complexity index is 1040. The maximum atomic E-state index is 12.6. The molecule has 3 N–H and O–H groups in total. The lowest BCUT2D eigenvalue weighted by molar-refractivity contribution is -0.137. The molecule has 0 fully saturated rings. The molecule has 26 heavy (non-hydrogen) atoms. The maximum Gasteiger partial charge on any atom is 0.416 e. The van der Waals surface area contributed by atoms with Gasteiger partial charge in [-0.05, 0) is 49.1 Å². The highest BCUT2D eigenvalue weighted by atomic mass is 19.4. The summed E-state index contributed by atoms with van der Waals surface area (Å²) in [5.41, 5.74) is 1.32. The van der Waals surface area contributed by atoms with Crippen LogP contribution in [0.1, 0.15) is 23.2 Å². The molecular formula is C18H14F3N3O2. The van der Waals surface area contributed by atoms with Crippen molar-refractivity contribution in [3.05, 3.63) is 67.7 Å². The van der Waals surface area contributed by atoms with Crippen LogP contribution in [0.15, 0.2) is 40.1 Å². The monoisotopic (exact) mass is 361 g/mol. The average molecular weight is 361 g/mol. The number of nitrogens with one attached hydrogen (secondary N) is 3. The molecule has 0 amide bonds. The number of halogens is 3. The summed E-state index contributed by atoms with van der Waals surface area (Å²) in [6, 6.07) is 4.27. The normalized spacial score (nSPS) is 13.8. The van der Waals surface area contributed by atoms with E-state index in [0.29, 0.717) is 5.69 Å². The summed E-state index contributed by atoms with van der Waals surface area (Å²) in [5, 5.41) is 5.72. The Morgan fingerprint density at radius 1 is 0.923 bits per heavy atom. The van der Waals surface area contributed by atoms with Gasteiger partial charge >= 0.3 is 6.18 Å². The van der Waals surface area contributed by atoms with E-state index in [4.69, 9.17) is 0 Å². The van der Waals surface area contributed by atoms with Crippen molar-refractivity contribution >= 4 is 22.7 Å². The molecule has 0 spiro atoms. The smallest absolute Gasteiger partial charge is 0.363 e. The summed E-state index contributed by atoms with van der Waals surface area (Å²) >= 11 is 0. The molecule has 1 aromatic heterocycles. The van der Waals surface area contributed by atoms with Gasteiger partial charge in [0.05, 0.1) is 11.3 Å². The molecule has 8 heteroatoms. The second kappa shape index (κ2) is 5.76. The highest BCUT2D eigenvalue weighted by Crippen LogP contribution is 2.33. The number of benzene rings is 1. The van der Waals surface area contributed by atoms with E-state index in [0.717, 1.165) is 48.3 Å². The predicted molar refractivity (Wildman–Crippen MR) is 92.2 cm³/mol. The Labute approximate surface area is 145 Å². The minimum Gasteiger partial charge on any atom is -0.363 e. The lowest BCUT2D eigenvalue weighted by Crippen LogP contribution is -2.35. The zero-order valence-electron chi connectivity index (χ0n) is 13.5. The average Bonchev–Trinajstić information content (AvgIpc) is 3.21. The topological polar surface area (TPSA) is 74.0 Å². The summed E-state index contributed by atoms with van der Waals surface area (Å²) in [7, 11) is 0. The van der Waals surface area contributed by atoms with Crippen LogP contribution in [0, 0.1) is 0 Å². The number of fused-ring (bicyclic) bond motifs is 1. The molecule has 2 aromatic carbocycles. The van der Waals surface area contributed by atoms with Crippen LogP contribution in [-0.2, 0) is 19.0 Å². The van der Waals surface area contributed by atoms with Crippen molar-refractivity contribution in [3.63, 3.8) is 0 Å². The van der Waals surface area contributed by atoms with Gasteiger partial charge in [0.15, 0.2) is 0 Å². The number of H-pyrrole nitrogens is 1. The Kier molecular flexibility index (Phi) is 3.64. The molecule has 134 valence electrons. The van der Waals surface area contributed by atoms with E-state index >= 15 is 0 Å². The van der Waals surface area contributed by atoms with Crippen LogP contribution in [0.25, 0.3) is 0 Å². The summed E-state index contributed by atoms with van der Waals surface area (Å²) < 4.78 is 37.8. The molecule has 3 aromatic rings. The molecule has 0 bridgehead atoms. The summed E-state index contributed by atoms with van der Waals surface area (Å²) in [6.07, 6.45) is 0.182. The van der Waals surface area contributed by atoms with Crippen LogP contribution in [0.4, 0.5) is 35.9 Å². The second-order valence-electron chi connectivity index (χ2n) is 6.25. The number of aromatic amines is 1. The third-order valence-corrected chi connectivity index (χ3v) is 4.59. The SMILES string of the molecule is O=c1c(Nc2ccc(C(F)(F)F)cc2)c(Nc2c[nH]c3c2CCC3)c1=O. The zero-order chi connectivity index (χ0) is 18.5. The molecule has 4 rings (SSSR count). The lowest BCUT2D eigenvalue weighted by Gasteiger charge is -2.15. The number of aryl methyl sites for hydroxylation is 1. The van der Waals surface area contributed by atoms with Crippen LogP contribution in [0.2, 0.25) is 0 Å². The third kappa shape index (κ3) is 2.67. The molecule has 5 nitrogen and oxygen atoms in total. The van der Waals surface area contributed by atoms with E-state index in [-0.39, 0.29) is 11.4 Å². The Morgan fingerprint density at radius 2 is 1.58 bits per heavy atom. The number of rotatable bonds is 4. The van der Waals surface area contributed by atoms with Gasteiger partial charge in [-0.25, -0.2) is 0 Å². The van der Waals surface area contributed by atoms with E-state index < -0.39 is 22.6 Å². The molecule has 0 saturated carbocycles. The Balaban J connectivity index is 1.58. The van der Waals surface area contributed by atoms with E-state index in [1.807, 2.05) is 0 Å². The molecular weight excluding hydrogens is 347 g/mol. The van der Waals surface area contributed by atoms with Gasteiger partial charge in [0.2, 0.25) is 0 Å². The number of hydrogen-bond donors (Lipinski definition) is 3. The van der Waals surface area contributed by atoms with Crippen molar-refractivity contribution in [2.45, 2.75) is 25.4 Å². The van der Waals surface area contributed by atoms with E-state index in [1.165, 1.54) is 12.1 Å². The predicted octanol–water partition coefficient (Wildman–Crippen LogP) is 3.61. The van der Waals surface area contributed by atoms with Gasteiger partial charge in [0.1, 0.15) is 11.4 Å². The molecule has 0 aliphatic heterocycles. The number of alkyl halides is 3. The summed E-state index contributed by atoms with van der Waals surface area (Å²) in [6.45, 7) is 0. The van der Waals surface area contributed by atoms with Crippen LogP contribution in [0.5, 0.6) is 0 Å². The van der Waals surface area contributed by atoms with Crippen molar-refractivity contribution in [1.29, 1.82) is 0 Å². The minimum atomic E-state index is -4.43. The zero-order valence-corrected chi connectivity index (χ0v) is 13.5. The highest BCUT2D eigenvalue weighted by molar-refractivity contribution is 5.83. The van der Waals surface area contributed by atoms with Gasteiger partial charge in [-0.3, -0.25) is 9.59 Å². The Morgan fingerprint density at radius 3 is 2.23 bits per heavy atom. The van der Waals surface area contributed by atoms with E-state index in [9.17, 15) is 22.8 Å². The summed E-state index contributed by atoms with van der Waals surface area (Å²) in [5.74, 6) is 0. The molecule has 0 atom stereocenters. The second-order valence-corrected chi connectivity index (χ2v) is 6.25. The van der Waals surface area contributed by atoms with Crippen LogP contribution in [0.3, 0.4) is 0 Å².